The molecule has 0 aromatic heterocycles. The molecule has 0 radical (unpaired) electrons. The lowest BCUT2D eigenvalue weighted by Gasteiger charge is -2.34. The number of methoxy groups -OCH3 is 8. The summed E-state index contributed by atoms with van der Waals surface area (Å²) in [5.74, 6) is 5.45. The Hall–Kier alpha value is -11.2. The number of aliphatic hydroxyl groups is 1. The number of fused-ring (bicyclic) bond motifs is 4. The van der Waals surface area contributed by atoms with Crippen LogP contribution in [0.2, 0.25) is 0 Å². The second-order valence-corrected chi connectivity index (χ2v) is 26.6. The molecule has 8 aromatic carbocycles. The molecule has 108 heavy (non-hydrogen) atoms. The van der Waals surface area contributed by atoms with Crippen LogP contribution in [0.3, 0.4) is 0 Å². The lowest BCUT2D eigenvalue weighted by molar-refractivity contribution is -0.114. The summed E-state index contributed by atoms with van der Waals surface area (Å²) in [4.78, 5) is 68.9. The van der Waals surface area contributed by atoms with Crippen molar-refractivity contribution in [2.45, 2.75) is 19.3 Å². The minimum Gasteiger partial charge on any atom is -0.497 e. The van der Waals surface area contributed by atoms with Gasteiger partial charge in [-0.15, -0.1) is 0 Å². The molecule has 0 atom stereocenters. The van der Waals surface area contributed by atoms with Gasteiger partial charge in [0.15, 0.2) is 0 Å². The van der Waals surface area contributed by atoms with Crippen molar-refractivity contribution in [2.75, 3.05) is 176 Å². The first kappa shape index (κ1) is 76.4. The molecule has 22 heteroatoms. The number of anilines is 4. The lowest BCUT2D eigenvalue weighted by atomic mass is 10.0. The summed E-state index contributed by atoms with van der Waals surface area (Å²) in [6, 6.07) is 53.5. The van der Waals surface area contributed by atoms with Crippen LogP contribution in [0.15, 0.2) is 170 Å². The molecule has 7 aliphatic rings. The van der Waals surface area contributed by atoms with Gasteiger partial charge in [0.1, 0.15) is 52.7 Å². The number of piperazine rings is 1. The predicted octanol–water partition coefficient (Wildman–Crippen LogP) is 12.3. The first-order valence-corrected chi connectivity index (χ1v) is 36.2. The first-order valence-electron chi connectivity index (χ1n) is 36.2. The number of hydrogen-bond acceptors (Lipinski definition) is 18. The minimum absolute atomic E-state index is 0.00225. The van der Waals surface area contributed by atoms with Gasteiger partial charge in [-0.05, 0) is 154 Å². The Morgan fingerprint density at radius 3 is 0.907 bits per heavy atom. The molecule has 15 rings (SSSR count). The maximum atomic E-state index is 13.4. The highest BCUT2D eigenvalue weighted by Crippen LogP contribution is 2.44. The zero-order valence-electron chi connectivity index (χ0n) is 62.8. The fraction of sp³-hybridized carbons (Fsp3) is 0.302. The van der Waals surface area contributed by atoms with E-state index in [1.54, 1.807) is 75.1 Å². The summed E-state index contributed by atoms with van der Waals surface area (Å²) in [5, 5.41) is 9.48. The molecule has 0 bridgehead atoms. The van der Waals surface area contributed by atoms with Gasteiger partial charge < -0.3 is 52.6 Å². The van der Waals surface area contributed by atoms with Crippen LogP contribution in [0.5, 0.6) is 46.0 Å². The number of likely N-dealkylation sites (tertiary alicyclic amines) is 1. The Balaban J connectivity index is 0.000000135. The van der Waals surface area contributed by atoms with Crippen molar-refractivity contribution in [2.24, 2.45) is 0 Å². The number of piperidine rings is 1. The molecular formula is C86H94N8O14. The standard InChI is InChI=1S/C23H27N3O3.C23H26N2O3.C22H24N2O4.C18H17NO4/c1-24-10-12-25(13-11-24)16-26-21-7-5-4-6-19(21)20(23(26)27)15-17-14-18(28-2)8-9-22(17)29-3;1-27-18-10-11-22(28-2)17(14-18)15-20-19-8-4-5-9-21(19)25(23(20)26)16-24-12-6-3-7-13-24;1-26-17-7-8-21(27-2)16(13-17)14-19-18-5-3-4-6-20(18)24(22(19)25)15-23-9-11-28-12-10-23;1-22-13-7-8-17(23-2)12(9-13)10-15-14-5-3-4-6-16(14)19(11-20)18(15)21/h4-9,14-15H,10-13,16H2,1-3H3;4-5,8-11,14-15H,3,6-7,12-13,16H2,1-2H3;3-8,13-14H,9-12,15H2,1-2H3;3-10,20H,11H2,1-2H3. The summed E-state index contributed by atoms with van der Waals surface area (Å²) in [6.07, 6.45) is 11.2. The molecule has 0 aliphatic carbocycles. The molecule has 7 aliphatic heterocycles. The number of carbonyl (C=O) groups excluding carboxylic acids is 4. The zero-order chi connectivity index (χ0) is 75.8. The van der Waals surface area contributed by atoms with Crippen molar-refractivity contribution < 1.29 is 66.9 Å². The van der Waals surface area contributed by atoms with E-state index in [1.165, 1.54) is 24.2 Å². The smallest absolute Gasteiger partial charge is 0.260 e. The highest BCUT2D eigenvalue weighted by molar-refractivity contribution is 6.38. The lowest BCUT2D eigenvalue weighted by Crippen LogP contribution is -2.49. The molecule has 0 spiro atoms. The Bertz CT molecular complexity index is 4540. The van der Waals surface area contributed by atoms with Gasteiger partial charge in [0.25, 0.3) is 23.6 Å². The van der Waals surface area contributed by atoms with Crippen molar-refractivity contribution in [3.8, 4) is 46.0 Å². The van der Waals surface area contributed by atoms with Gasteiger partial charge in [0.05, 0.1) is 118 Å². The fourth-order valence-corrected chi connectivity index (χ4v) is 14.2. The number of nitrogens with zero attached hydrogens (tertiary/aromatic N) is 8. The van der Waals surface area contributed by atoms with E-state index in [1.807, 2.05) is 191 Å². The van der Waals surface area contributed by atoms with E-state index in [0.717, 1.165) is 131 Å². The van der Waals surface area contributed by atoms with E-state index in [0.29, 0.717) is 89.9 Å². The zero-order valence-corrected chi connectivity index (χ0v) is 62.8. The SMILES string of the molecule is COc1ccc(OC)c(C=C2C(=O)N(CN3CCCCC3)c3ccccc32)c1.COc1ccc(OC)c(C=C2C(=O)N(CN3CCN(C)CC3)c3ccccc32)c1.COc1ccc(OC)c(C=C2C(=O)N(CN3CCOCC3)c3ccccc32)c1.COc1ccc(OC)c(C=C2C(=O)N(CO)c3ccccc32)c1. The molecule has 0 unspecified atom stereocenters. The van der Waals surface area contributed by atoms with Crippen LogP contribution in [-0.2, 0) is 23.9 Å². The van der Waals surface area contributed by atoms with Crippen LogP contribution in [0.25, 0.3) is 46.6 Å². The number of para-hydroxylation sites is 4. The summed E-state index contributed by atoms with van der Waals surface area (Å²) < 4.78 is 48.5. The average Bonchev–Trinajstić information content (AvgIpc) is 1.64. The monoisotopic (exact) mass is 1460 g/mol. The van der Waals surface area contributed by atoms with Crippen LogP contribution in [-0.4, -0.2) is 205 Å². The maximum absolute atomic E-state index is 13.4. The summed E-state index contributed by atoms with van der Waals surface area (Å²) >= 11 is 0. The maximum Gasteiger partial charge on any atom is 0.260 e. The molecule has 8 aromatic rings. The summed E-state index contributed by atoms with van der Waals surface area (Å²) in [7, 11) is 15.1. The van der Waals surface area contributed by atoms with Crippen molar-refractivity contribution in [1.29, 1.82) is 0 Å². The van der Waals surface area contributed by atoms with Crippen LogP contribution in [0.4, 0.5) is 22.7 Å². The number of benzene rings is 8. The van der Waals surface area contributed by atoms with E-state index in [9.17, 15) is 24.3 Å². The molecule has 1 N–H and O–H groups in total. The van der Waals surface area contributed by atoms with E-state index in [2.05, 4.69) is 26.6 Å². The van der Waals surface area contributed by atoms with Gasteiger partial charge in [-0.3, -0.25) is 53.5 Å². The van der Waals surface area contributed by atoms with Gasteiger partial charge in [-0.25, -0.2) is 0 Å². The number of ether oxygens (including phenoxy) is 9. The van der Waals surface area contributed by atoms with Crippen LogP contribution in [0.1, 0.15) is 63.8 Å². The number of carbonyl (C=O) groups is 4. The quantitative estimate of drug-likeness (QED) is 0.0749. The molecule has 7 heterocycles. The fourth-order valence-electron chi connectivity index (χ4n) is 14.2. The Kier molecular flexibility index (Phi) is 25.4. The van der Waals surface area contributed by atoms with Crippen molar-refractivity contribution >= 4 is 93.0 Å². The number of morpholine rings is 1. The molecule has 0 saturated carbocycles. The first-order chi connectivity index (χ1) is 52.7. The number of amides is 4. The third-order valence-corrected chi connectivity index (χ3v) is 20.1. The number of rotatable bonds is 19. The molecule has 22 nitrogen and oxygen atoms in total. The highest BCUT2D eigenvalue weighted by Gasteiger charge is 2.38. The average molecular weight is 1460 g/mol. The largest absolute Gasteiger partial charge is 0.497 e. The van der Waals surface area contributed by atoms with Gasteiger partial charge in [-0.1, -0.05) is 79.2 Å². The summed E-state index contributed by atoms with van der Waals surface area (Å²) in [5.41, 5.74) is 13.0. The molecular weight excluding hydrogens is 1370 g/mol. The van der Waals surface area contributed by atoms with Crippen molar-refractivity contribution in [3.05, 3.63) is 214 Å². The second kappa shape index (κ2) is 35.9. The third kappa shape index (κ3) is 17.1. The van der Waals surface area contributed by atoms with Gasteiger partial charge in [-0.2, -0.15) is 0 Å². The number of likely N-dealkylation sites (N-methyl/N-ethyl adjacent to an activating group) is 1. The van der Waals surface area contributed by atoms with Crippen LogP contribution >= 0.6 is 0 Å². The predicted molar refractivity (Wildman–Crippen MR) is 424 cm³/mol. The van der Waals surface area contributed by atoms with E-state index in [-0.39, 0.29) is 30.4 Å². The van der Waals surface area contributed by atoms with E-state index >= 15 is 0 Å². The minimum atomic E-state index is -0.359. The highest BCUT2D eigenvalue weighted by atomic mass is 16.5. The van der Waals surface area contributed by atoms with Crippen LogP contribution in [0, 0.1) is 0 Å². The topological polar surface area (TPSA) is 197 Å². The molecule has 562 valence electrons. The van der Waals surface area contributed by atoms with Crippen molar-refractivity contribution in [3.63, 3.8) is 0 Å². The normalized spacial score (nSPS) is 17.8. The number of hydrogen-bond donors (Lipinski definition) is 1. The Morgan fingerprint density at radius 2 is 0.611 bits per heavy atom. The molecule has 3 fully saturated rings. The second-order valence-electron chi connectivity index (χ2n) is 26.6. The van der Waals surface area contributed by atoms with Crippen molar-refractivity contribution in [1.82, 2.24) is 19.6 Å². The third-order valence-electron chi connectivity index (χ3n) is 20.1. The summed E-state index contributed by atoms with van der Waals surface area (Å²) in [6.45, 7) is 10.6. The Labute approximate surface area is 631 Å². The van der Waals surface area contributed by atoms with E-state index < -0.39 is 0 Å². The molecule has 4 amide bonds. The van der Waals surface area contributed by atoms with Gasteiger partial charge >= 0.3 is 0 Å². The molecule has 3 saturated heterocycles. The van der Waals surface area contributed by atoms with E-state index in [4.69, 9.17) is 42.6 Å². The van der Waals surface area contributed by atoms with Crippen LogP contribution < -0.4 is 57.5 Å². The Morgan fingerprint density at radius 1 is 0.333 bits per heavy atom. The van der Waals surface area contributed by atoms with Gasteiger partial charge in [0.2, 0.25) is 0 Å². The van der Waals surface area contributed by atoms with Gasteiger partial charge in [0, 0.05) is 100 Å². The number of aliphatic hydroxyl groups excluding tert-OH is 1.